The third kappa shape index (κ3) is 5.65. The highest BCUT2D eigenvalue weighted by Gasteiger charge is 2.22. The number of nitrogens with one attached hydrogen (secondary N) is 3. The van der Waals surface area contributed by atoms with Gasteiger partial charge in [-0.2, -0.15) is 0 Å². The first-order valence-corrected chi connectivity index (χ1v) is 8.23. The Morgan fingerprint density at radius 3 is 2.77 bits per heavy atom. The van der Waals surface area contributed by atoms with Gasteiger partial charge in [0.25, 0.3) is 0 Å². The van der Waals surface area contributed by atoms with Gasteiger partial charge in [0.2, 0.25) is 5.91 Å². The molecule has 1 aliphatic heterocycles. The van der Waals surface area contributed by atoms with Crippen LogP contribution < -0.4 is 20.7 Å². The number of para-hydroxylation sites is 1. The molecule has 1 aromatic heterocycles. The molecule has 3 rings (SSSR count). The molecule has 140 valence electrons. The van der Waals surface area contributed by atoms with Crippen molar-refractivity contribution in [1.29, 1.82) is 0 Å². The highest BCUT2D eigenvalue weighted by Crippen LogP contribution is 2.27. The molecule has 0 radical (unpaired) electrons. The Labute approximate surface area is 169 Å². The average molecular weight is 470 g/mol. The number of rotatable bonds is 6. The molecule has 8 heteroatoms. The van der Waals surface area contributed by atoms with Crippen molar-refractivity contribution in [2.75, 3.05) is 20.1 Å². The maximum atomic E-state index is 11.8. The highest BCUT2D eigenvalue weighted by molar-refractivity contribution is 14.0. The molecule has 3 N–H and O–H groups in total. The van der Waals surface area contributed by atoms with E-state index in [1.54, 1.807) is 19.4 Å². The van der Waals surface area contributed by atoms with Crippen molar-refractivity contribution in [2.45, 2.75) is 19.1 Å². The molecule has 1 atom stereocenters. The largest absolute Gasteiger partial charge is 0.488 e. The van der Waals surface area contributed by atoms with Crippen LogP contribution >= 0.6 is 24.0 Å². The maximum Gasteiger partial charge on any atom is 0.239 e. The lowest BCUT2D eigenvalue weighted by molar-refractivity contribution is -0.120. The molecule has 0 fully saturated rings. The summed E-state index contributed by atoms with van der Waals surface area (Å²) >= 11 is 0. The summed E-state index contributed by atoms with van der Waals surface area (Å²) in [7, 11) is 1.67. The molecule has 0 bridgehead atoms. The summed E-state index contributed by atoms with van der Waals surface area (Å²) in [6, 6.07) is 11.6. The minimum absolute atomic E-state index is 0. The number of fused-ring (bicyclic) bond motifs is 1. The Bertz CT molecular complexity index is 709. The van der Waals surface area contributed by atoms with E-state index in [1.807, 2.05) is 24.3 Å². The van der Waals surface area contributed by atoms with Crippen LogP contribution in [-0.4, -0.2) is 38.1 Å². The molecular weight excluding hydrogens is 447 g/mol. The van der Waals surface area contributed by atoms with Crippen LogP contribution in [-0.2, 0) is 17.8 Å². The van der Waals surface area contributed by atoms with Crippen molar-refractivity contribution < 1.29 is 13.9 Å². The van der Waals surface area contributed by atoms with Crippen LogP contribution in [0.2, 0.25) is 0 Å². The van der Waals surface area contributed by atoms with E-state index in [1.165, 1.54) is 5.56 Å². The van der Waals surface area contributed by atoms with Crippen LogP contribution in [0.1, 0.15) is 11.3 Å². The molecule has 1 unspecified atom stereocenters. The second-order valence-corrected chi connectivity index (χ2v) is 5.71. The summed E-state index contributed by atoms with van der Waals surface area (Å²) in [6.07, 6.45) is 2.50. The zero-order chi connectivity index (χ0) is 17.5. The SMILES string of the molecule is CN=C(NCC(=O)NCc1ccco1)NCC1Cc2ccccc2O1.I. The van der Waals surface area contributed by atoms with Crippen molar-refractivity contribution in [3.05, 3.63) is 54.0 Å². The summed E-state index contributed by atoms with van der Waals surface area (Å²) in [5, 5.41) is 8.94. The first-order chi connectivity index (χ1) is 12.2. The fourth-order valence-corrected chi connectivity index (χ4v) is 2.62. The third-order valence-electron chi connectivity index (χ3n) is 3.89. The van der Waals surface area contributed by atoms with Crippen LogP contribution in [0.5, 0.6) is 5.75 Å². The lowest BCUT2D eigenvalue weighted by atomic mass is 10.1. The first-order valence-electron chi connectivity index (χ1n) is 8.23. The molecule has 0 saturated carbocycles. The molecule has 7 nitrogen and oxygen atoms in total. The monoisotopic (exact) mass is 470 g/mol. The van der Waals surface area contributed by atoms with E-state index in [4.69, 9.17) is 9.15 Å². The van der Waals surface area contributed by atoms with E-state index >= 15 is 0 Å². The fourth-order valence-electron chi connectivity index (χ4n) is 2.62. The van der Waals surface area contributed by atoms with Crippen molar-refractivity contribution in [3.8, 4) is 5.75 Å². The Morgan fingerprint density at radius 1 is 1.19 bits per heavy atom. The number of hydrogen-bond acceptors (Lipinski definition) is 4. The Hall–Kier alpha value is -2.23. The molecule has 0 saturated heterocycles. The predicted octanol–water partition coefficient (Wildman–Crippen LogP) is 1.68. The first kappa shape index (κ1) is 20.1. The number of furan rings is 1. The zero-order valence-electron chi connectivity index (χ0n) is 14.5. The molecule has 2 aromatic rings. The zero-order valence-corrected chi connectivity index (χ0v) is 16.9. The van der Waals surface area contributed by atoms with Gasteiger partial charge in [-0.25, -0.2) is 0 Å². The third-order valence-corrected chi connectivity index (χ3v) is 3.89. The number of carbonyl (C=O) groups excluding carboxylic acids is 1. The van der Waals surface area contributed by atoms with E-state index in [0.717, 1.165) is 12.2 Å². The Kier molecular flexibility index (Phi) is 7.76. The summed E-state index contributed by atoms with van der Waals surface area (Å²) in [4.78, 5) is 16.0. The summed E-state index contributed by atoms with van der Waals surface area (Å²) in [5.41, 5.74) is 1.22. The van der Waals surface area contributed by atoms with E-state index in [2.05, 4.69) is 27.0 Å². The number of guanidine groups is 1. The van der Waals surface area contributed by atoms with Crippen LogP contribution in [0.4, 0.5) is 0 Å². The number of halogens is 1. The van der Waals surface area contributed by atoms with Crippen LogP contribution in [0.25, 0.3) is 0 Å². The van der Waals surface area contributed by atoms with Gasteiger partial charge >= 0.3 is 0 Å². The molecule has 0 spiro atoms. The van der Waals surface area contributed by atoms with Gasteiger partial charge in [-0.1, -0.05) is 18.2 Å². The Balaban J connectivity index is 0.00000243. The molecule has 1 aromatic carbocycles. The second-order valence-electron chi connectivity index (χ2n) is 5.71. The van der Waals surface area contributed by atoms with E-state index in [9.17, 15) is 4.79 Å². The standard InChI is InChI=1S/C18H22N4O3.HI/c1-19-18(22-12-17(23)20-10-14-6-4-8-24-14)21-11-15-9-13-5-2-3-7-16(13)25-15;/h2-8,15H,9-12H2,1H3,(H,20,23)(H2,19,21,22);1H. The number of nitrogens with zero attached hydrogens (tertiary/aromatic N) is 1. The van der Waals surface area contributed by atoms with Crippen LogP contribution in [0.15, 0.2) is 52.1 Å². The van der Waals surface area contributed by atoms with E-state index < -0.39 is 0 Å². The molecule has 1 amide bonds. The number of aliphatic imine (C=N–C) groups is 1. The van der Waals surface area contributed by atoms with E-state index in [-0.39, 0.29) is 42.5 Å². The highest BCUT2D eigenvalue weighted by atomic mass is 127. The quantitative estimate of drug-likeness (QED) is 0.340. The minimum atomic E-state index is -0.135. The topological polar surface area (TPSA) is 87.9 Å². The number of benzene rings is 1. The van der Waals surface area contributed by atoms with Crippen molar-refractivity contribution in [1.82, 2.24) is 16.0 Å². The molecule has 0 aliphatic carbocycles. The number of ether oxygens (including phenoxy) is 1. The van der Waals surface area contributed by atoms with Gasteiger partial charge in [0, 0.05) is 13.5 Å². The van der Waals surface area contributed by atoms with Crippen molar-refractivity contribution in [3.63, 3.8) is 0 Å². The summed E-state index contributed by atoms with van der Waals surface area (Å²) in [6.45, 7) is 1.11. The normalized spacial score (nSPS) is 15.4. The molecule has 26 heavy (non-hydrogen) atoms. The summed E-state index contributed by atoms with van der Waals surface area (Å²) in [5.74, 6) is 2.08. The van der Waals surface area contributed by atoms with E-state index in [0.29, 0.717) is 24.8 Å². The smallest absolute Gasteiger partial charge is 0.239 e. The van der Waals surface area contributed by atoms with Gasteiger partial charge in [-0.05, 0) is 23.8 Å². The van der Waals surface area contributed by atoms with Crippen LogP contribution in [0.3, 0.4) is 0 Å². The van der Waals surface area contributed by atoms with Gasteiger partial charge in [-0.3, -0.25) is 9.79 Å². The number of hydrogen-bond donors (Lipinski definition) is 3. The lowest BCUT2D eigenvalue weighted by Crippen LogP contribution is -2.45. The fraction of sp³-hybridized carbons (Fsp3) is 0.333. The van der Waals surface area contributed by atoms with Gasteiger partial charge in [-0.15, -0.1) is 24.0 Å². The summed E-state index contributed by atoms with van der Waals surface area (Å²) < 4.78 is 11.0. The van der Waals surface area contributed by atoms with Gasteiger partial charge in [0.05, 0.1) is 25.9 Å². The van der Waals surface area contributed by atoms with Gasteiger partial charge in [0.1, 0.15) is 17.6 Å². The average Bonchev–Trinajstić information content (AvgIpc) is 3.29. The molecular formula is C18H23IN4O3. The second kappa shape index (κ2) is 10.0. The molecule has 1 aliphatic rings. The number of amides is 1. The maximum absolute atomic E-state index is 11.8. The Morgan fingerprint density at radius 2 is 2.04 bits per heavy atom. The molecule has 2 heterocycles. The lowest BCUT2D eigenvalue weighted by Gasteiger charge is -2.15. The predicted molar refractivity (Wildman–Crippen MR) is 110 cm³/mol. The number of carbonyl (C=O) groups is 1. The minimum Gasteiger partial charge on any atom is -0.488 e. The van der Waals surface area contributed by atoms with Crippen LogP contribution in [0, 0.1) is 0 Å². The van der Waals surface area contributed by atoms with Crippen molar-refractivity contribution in [2.24, 2.45) is 4.99 Å². The van der Waals surface area contributed by atoms with Crippen molar-refractivity contribution >= 4 is 35.8 Å². The van der Waals surface area contributed by atoms with Gasteiger partial charge in [0.15, 0.2) is 5.96 Å². The van der Waals surface area contributed by atoms with Gasteiger partial charge < -0.3 is 25.1 Å².